The van der Waals surface area contributed by atoms with Crippen LogP contribution in [0.25, 0.3) is 27.3 Å². The minimum Gasteiger partial charge on any atom is -0.478 e. The number of hydrogen-bond acceptors (Lipinski definition) is 4. The maximum Gasteiger partial charge on any atom is 0.339 e. The van der Waals surface area contributed by atoms with Gasteiger partial charge in [0.15, 0.2) is 5.65 Å². The van der Waals surface area contributed by atoms with Crippen molar-refractivity contribution in [2.45, 2.75) is 6.92 Å². The van der Waals surface area contributed by atoms with E-state index in [9.17, 15) is 9.90 Å². The van der Waals surface area contributed by atoms with Crippen molar-refractivity contribution in [2.75, 3.05) is 0 Å². The largest absolute Gasteiger partial charge is 0.478 e. The van der Waals surface area contributed by atoms with Crippen molar-refractivity contribution in [1.29, 1.82) is 0 Å². The highest BCUT2D eigenvalue weighted by atomic mass is 32.1. The molecule has 126 valence electrons. The van der Waals surface area contributed by atoms with Gasteiger partial charge in [0.2, 0.25) is 0 Å². The summed E-state index contributed by atoms with van der Waals surface area (Å²) in [5.41, 5.74) is 6.02. The number of aromatic carboxylic acids is 1. The quantitative estimate of drug-likeness (QED) is 0.482. The minimum absolute atomic E-state index is 0.0788. The number of carbonyl (C=O) groups is 1. The summed E-state index contributed by atoms with van der Waals surface area (Å²) in [5.74, 6) is 1.48. The molecule has 3 aromatic heterocycles. The van der Waals surface area contributed by atoms with Crippen LogP contribution in [0.3, 0.4) is 0 Å². The van der Waals surface area contributed by atoms with Gasteiger partial charge in [-0.05, 0) is 41.1 Å². The first kappa shape index (κ1) is 16.1. The van der Waals surface area contributed by atoms with E-state index in [2.05, 4.69) is 41.1 Å². The Hall–Kier alpha value is -3.43. The van der Waals surface area contributed by atoms with Gasteiger partial charge in [0.1, 0.15) is 11.3 Å². The van der Waals surface area contributed by atoms with Gasteiger partial charge in [0.25, 0.3) is 0 Å². The van der Waals surface area contributed by atoms with E-state index in [-0.39, 0.29) is 5.56 Å². The molecule has 0 unspecified atom stereocenters. The van der Waals surface area contributed by atoms with Gasteiger partial charge in [-0.25, -0.2) is 14.3 Å². The Morgan fingerprint density at radius 1 is 1.31 bits per heavy atom. The maximum atomic E-state index is 11.4. The van der Waals surface area contributed by atoms with Crippen molar-refractivity contribution in [3.8, 4) is 34.0 Å². The number of hydrogen-bond donors (Lipinski definition) is 1. The lowest BCUT2D eigenvalue weighted by Gasteiger charge is -2.05. The van der Waals surface area contributed by atoms with Crippen molar-refractivity contribution in [1.82, 2.24) is 14.6 Å². The molecule has 2 aliphatic rings. The summed E-state index contributed by atoms with van der Waals surface area (Å²) in [6.07, 6.45) is 8.42. The Balaban J connectivity index is 0.000000198. The van der Waals surface area contributed by atoms with E-state index >= 15 is 0 Å². The Morgan fingerprint density at radius 2 is 2.15 bits per heavy atom. The van der Waals surface area contributed by atoms with Gasteiger partial charge < -0.3 is 5.11 Å². The molecular formula is C20H13N3O2S. The summed E-state index contributed by atoms with van der Waals surface area (Å²) >= 11 is 1.37. The van der Waals surface area contributed by atoms with E-state index in [0.717, 1.165) is 0 Å². The summed E-state index contributed by atoms with van der Waals surface area (Å²) in [6, 6.07) is 10.00. The highest BCUT2D eigenvalue weighted by Gasteiger charge is 2.18. The SMILES string of the molecule is C#Cc1ccsc1-c1nc2ccnn2cc1C(=O)O.Cc1ccc2cc1-2. The van der Waals surface area contributed by atoms with Crippen LogP contribution in [-0.2, 0) is 0 Å². The monoisotopic (exact) mass is 359 g/mol. The lowest BCUT2D eigenvalue weighted by atomic mass is 10.1. The van der Waals surface area contributed by atoms with Crippen molar-refractivity contribution in [2.24, 2.45) is 0 Å². The van der Waals surface area contributed by atoms with Crippen molar-refractivity contribution < 1.29 is 9.90 Å². The lowest BCUT2D eigenvalue weighted by molar-refractivity contribution is 0.0696. The fourth-order valence-corrected chi connectivity index (χ4v) is 3.55. The molecule has 0 radical (unpaired) electrons. The highest BCUT2D eigenvalue weighted by molar-refractivity contribution is 7.13. The van der Waals surface area contributed by atoms with E-state index in [0.29, 0.717) is 21.8 Å². The number of rotatable bonds is 2. The average Bonchev–Trinajstić information content (AvgIpc) is 2.99. The standard InChI is InChI=1S/C13H7N3O2S.C7H6/c1-2-8-4-6-19-12(8)11-9(13(17)18)7-16-10(15-11)3-5-14-16;1-5-2-3-6-4-7(5)6/h1,3-7H,(H,17,18);2-4H,1H3. The molecule has 1 N–H and O–H groups in total. The Labute approximate surface area is 153 Å². The fourth-order valence-electron chi connectivity index (χ4n) is 2.69. The molecule has 3 heterocycles. The Morgan fingerprint density at radius 3 is 2.73 bits per heavy atom. The molecule has 5 nitrogen and oxygen atoms in total. The number of carboxylic acids is 1. The average molecular weight is 359 g/mol. The Bertz CT molecular complexity index is 1200. The van der Waals surface area contributed by atoms with Crippen molar-refractivity contribution in [3.05, 3.63) is 64.8 Å². The summed E-state index contributed by atoms with van der Waals surface area (Å²) in [6.45, 7) is 2.14. The summed E-state index contributed by atoms with van der Waals surface area (Å²) < 4.78 is 1.43. The number of benzene rings is 1. The number of aromatic nitrogens is 3. The normalized spacial score (nSPS) is 10.8. The molecule has 26 heavy (non-hydrogen) atoms. The van der Waals surface area contributed by atoms with E-state index in [4.69, 9.17) is 6.42 Å². The number of terminal acetylenes is 1. The van der Waals surface area contributed by atoms with Crippen LogP contribution in [0, 0.1) is 19.3 Å². The van der Waals surface area contributed by atoms with Crippen LogP contribution in [0.15, 0.2) is 48.1 Å². The lowest BCUT2D eigenvalue weighted by Crippen LogP contribution is -2.05. The second-order valence-corrected chi connectivity index (χ2v) is 6.70. The van der Waals surface area contributed by atoms with Gasteiger partial charge in [-0.1, -0.05) is 18.1 Å². The molecule has 3 aromatic rings. The van der Waals surface area contributed by atoms with Crippen molar-refractivity contribution >= 4 is 23.0 Å². The smallest absolute Gasteiger partial charge is 0.339 e. The number of carboxylic acid groups (broad SMARTS) is 1. The van der Waals surface area contributed by atoms with Crippen LogP contribution in [0.1, 0.15) is 21.5 Å². The van der Waals surface area contributed by atoms with Crippen molar-refractivity contribution in [3.63, 3.8) is 0 Å². The van der Waals surface area contributed by atoms with Crippen LogP contribution in [-0.4, -0.2) is 25.7 Å². The number of fused-ring (bicyclic) bond motifs is 2. The van der Waals surface area contributed by atoms with Gasteiger partial charge in [-0.2, -0.15) is 5.10 Å². The zero-order valence-electron chi connectivity index (χ0n) is 13.8. The first-order valence-corrected chi connectivity index (χ1v) is 8.69. The third kappa shape index (κ3) is 2.75. The molecule has 5 rings (SSSR count). The Kier molecular flexibility index (Phi) is 3.79. The van der Waals surface area contributed by atoms with Gasteiger partial charge in [-0.15, -0.1) is 17.8 Å². The summed E-state index contributed by atoms with van der Waals surface area (Å²) in [5, 5.41) is 15.1. The van der Waals surface area contributed by atoms with Gasteiger partial charge in [0, 0.05) is 17.8 Å². The van der Waals surface area contributed by atoms with Crippen LogP contribution in [0.2, 0.25) is 0 Å². The zero-order valence-corrected chi connectivity index (χ0v) is 14.6. The van der Waals surface area contributed by atoms with E-state index in [1.165, 1.54) is 38.7 Å². The second kappa shape index (κ2) is 6.14. The molecule has 0 spiro atoms. The predicted octanol–water partition coefficient (Wildman–Crippen LogP) is 4.11. The van der Waals surface area contributed by atoms with Gasteiger partial charge in [0.05, 0.1) is 11.1 Å². The number of nitrogens with zero attached hydrogens (tertiary/aromatic N) is 3. The maximum absolute atomic E-state index is 11.4. The molecule has 0 saturated heterocycles. The van der Waals surface area contributed by atoms with Crippen LogP contribution < -0.4 is 0 Å². The van der Waals surface area contributed by atoms with E-state index in [1.54, 1.807) is 18.3 Å². The molecular weight excluding hydrogens is 346 g/mol. The minimum atomic E-state index is -1.06. The summed E-state index contributed by atoms with van der Waals surface area (Å²) in [7, 11) is 0. The molecule has 0 aromatic carbocycles. The highest BCUT2D eigenvalue weighted by Crippen LogP contribution is 2.37. The molecule has 0 aliphatic heterocycles. The third-order valence-corrected chi connectivity index (χ3v) is 5.03. The third-order valence-electron chi connectivity index (χ3n) is 4.11. The topological polar surface area (TPSA) is 67.5 Å². The molecule has 6 heteroatoms. The van der Waals surface area contributed by atoms with E-state index < -0.39 is 5.97 Å². The first-order chi connectivity index (χ1) is 12.6. The molecule has 2 aliphatic carbocycles. The molecule has 0 amide bonds. The predicted molar refractivity (Wildman–Crippen MR) is 101 cm³/mol. The molecule has 0 saturated carbocycles. The van der Waals surface area contributed by atoms with Gasteiger partial charge in [-0.3, -0.25) is 0 Å². The van der Waals surface area contributed by atoms with Gasteiger partial charge >= 0.3 is 5.97 Å². The van der Waals surface area contributed by atoms with Crippen LogP contribution in [0.5, 0.6) is 0 Å². The van der Waals surface area contributed by atoms with E-state index in [1.807, 2.05) is 5.38 Å². The first-order valence-electron chi connectivity index (χ1n) is 7.81. The number of aryl methyl sites for hydroxylation is 1. The summed E-state index contributed by atoms with van der Waals surface area (Å²) in [4.78, 5) is 16.4. The van der Waals surface area contributed by atoms with Crippen LogP contribution in [0.4, 0.5) is 0 Å². The van der Waals surface area contributed by atoms with Crippen LogP contribution >= 0.6 is 11.3 Å². The fraction of sp³-hybridized carbons (Fsp3) is 0.0500. The number of thiophene rings is 1. The zero-order chi connectivity index (χ0) is 18.3. The molecule has 0 atom stereocenters. The molecule has 0 fully saturated rings. The molecule has 0 bridgehead atoms. The second-order valence-electron chi connectivity index (χ2n) is 5.78.